The number of carboxylic acids is 2. The fraction of sp³-hybridized carbons (Fsp3) is 0.300. The molecule has 0 spiro atoms. The molecule has 4 N–H and O–H groups in total. The van der Waals surface area contributed by atoms with Gasteiger partial charge in [-0.1, -0.05) is 0 Å². The molecule has 0 aliphatic carbocycles. The molecule has 0 saturated heterocycles. The van der Waals surface area contributed by atoms with E-state index in [4.69, 9.17) is 20.7 Å². The van der Waals surface area contributed by atoms with Crippen molar-refractivity contribution in [2.75, 3.05) is 24.7 Å². The Morgan fingerprint density at radius 3 is 2.05 bits per heavy atom. The van der Waals surface area contributed by atoms with Crippen LogP contribution >= 0.6 is 0 Å². The third-order valence-corrected chi connectivity index (χ3v) is 1.85. The molecule has 0 saturated carbocycles. The van der Waals surface area contributed by atoms with Gasteiger partial charge in [-0.25, -0.2) is 14.6 Å². The van der Waals surface area contributed by atoms with Crippen molar-refractivity contribution in [3.05, 3.63) is 17.8 Å². The van der Waals surface area contributed by atoms with Crippen LogP contribution < -0.4 is 10.6 Å². The standard InChI is InChI=1S/C8H11N3O2.C2HF3O2/c1-11(2)7-3-5(8(12)13)6(9)4-10-7;3-2(4,5)1(6)7/h3-4H,9H2,1-2H3,(H,12,13);(H,6,7). The number of pyridine rings is 1. The summed E-state index contributed by atoms with van der Waals surface area (Å²) in [6, 6.07) is 1.44. The van der Waals surface area contributed by atoms with Gasteiger partial charge in [0.05, 0.1) is 17.4 Å². The average Bonchev–Trinajstić information content (AvgIpc) is 2.28. The van der Waals surface area contributed by atoms with E-state index in [-0.39, 0.29) is 11.3 Å². The third kappa shape index (κ3) is 5.42. The van der Waals surface area contributed by atoms with Crippen LogP contribution in [0.2, 0.25) is 0 Å². The second-order valence-electron chi connectivity index (χ2n) is 3.63. The van der Waals surface area contributed by atoms with Crippen LogP contribution in [-0.2, 0) is 4.79 Å². The van der Waals surface area contributed by atoms with Crippen LogP contribution in [0.25, 0.3) is 0 Å². The molecule has 0 aliphatic rings. The third-order valence-electron chi connectivity index (χ3n) is 1.85. The Morgan fingerprint density at radius 1 is 1.30 bits per heavy atom. The van der Waals surface area contributed by atoms with Crippen molar-refractivity contribution in [1.82, 2.24) is 4.98 Å². The van der Waals surface area contributed by atoms with E-state index in [1.54, 1.807) is 19.0 Å². The summed E-state index contributed by atoms with van der Waals surface area (Å²) in [4.78, 5) is 25.2. The zero-order valence-electron chi connectivity index (χ0n) is 10.5. The van der Waals surface area contributed by atoms with E-state index < -0.39 is 18.1 Å². The number of nitrogen functional groups attached to an aromatic ring is 1. The fourth-order valence-corrected chi connectivity index (χ4v) is 0.885. The quantitative estimate of drug-likeness (QED) is 0.746. The molecule has 7 nitrogen and oxygen atoms in total. The molecule has 0 aliphatic heterocycles. The Bertz CT molecular complexity index is 503. The number of alkyl halides is 3. The van der Waals surface area contributed by atoms with Gasteiger partial charge >= 0.3 is 18.1 Å². The van der Waals surface area contributed by atoms with Crippen LogP contribution in [0.15, 0.2) is 12.3 Å². The smallest absolute Gasteiger partial charge is 0.478 e. The molecule has 0 amide bonds. The van der Waals surface area contributed by atoms with Crippen molar-refractivity contribution in [1.29, 1.82) is 0 Å². The second kappa shape index (κ2) is 6.59. The van der Waals surface area contributed by atoms with E-state index in [0.717, 1.165) is 0 Å². The number of nitrogens with two attached hydrogens (primary N) is 1. The highest BCUT2D eigenvalue weighted by molar-refractivity contribution is 5.94. The van der Waals surface area contributed by atoms with Crippen molar-refractivity contribution >= 4 is 23.4 Å². The molecular weight excluding hydrogens is 283 g/mol. The van der Waals surface area contributed by atoms with Crippen LogP contribution in [0.4, 0.5) is 24.7 Å². The van der Waals surface area contributed by atoms with Crippen LogP contribution in [0.5, 0.6) is 0 Å². The number of carboxylic acid groups (broad SMARTS) is 2. The lowest BCUT2D eigenvalue weighted by Crippen LogP contribution is -2.21. The Balaban J connectivity index is 0.000000441. The van der Waals surface area contributed by atoms with Crippen molar-refractivity contribution < 1.29 is 33.0 Å². The van der Waals surface area contributed by atoms with E-state index in [1.165, 1.54) is 12.3 Å². The van der Waals surface area contributed by atoms with E-state index in [9.17, 15) is 18.0 Å². The molecule has 20 heavy (non-hydrogen) atoms. The highest BCUT2D eigenvalue weighted by Gasteiger charge is 2.38. The Hall–Kier alpha value is -2.52. The lowest BCUT2D eigenvalue weighted by Gasteiger charge is -2.11. The van der Waals surface area contributed by atoms with Crippen molar-refractivity contribution in [2.45, 2.75) is 6.18 Å². The van der Waals surface area contributed by atoms with Gasteiger partial charge in [0, 0.05) is 14.1 Å². The van der Waals surface area contributed by atoms with Crippen LogP contribution in [0.3, 0.4) is 0 Å². The minimum atomic E-state index is -5.08. The average molecular weight is 295 g/mol. The number of halogens is 3. The summed E-state index contributed by atoms with van der Waals surface area (Å²) < 4.78 is 31.7. The van der Waals surface area contributed by atoms with Crippen LogP contribution in [0.1, 0.15) is 10.4 Å². The van der Waals surface area contributed by atoms with Crippen LogP contribution in [-0.4, -0.2) is 47.4 Å². The molecule has 0 aromatic carbocycles. The maximum atomic E-state index is 10.7. The number of aliphatic carboxylic acids is 1. The Kier molecular flexibility index (Phi) is 5.76. The fourth-order valence-electron chi connectivity index (χ4n) is 0.885. The van der Waals surface area contributed by atoms with Gasteiger partial charge in [0.2, 0.25) is 0 Å². The van der Waals surface area contributed by atoms with Crippen molar-refractivity contribution in [3.63, 3.8) is 0 Å². The Labute approximate surface area is 111 Å². The minimum absolute atomic E-state index is 0.0821. The predicted octanol–water partition coefficient (Wildman–Crippen LogP) is 1.06. The number of rotatable bonds is 2. The highest BCUT2D eigenvalue weighted by Crippen LogP contribution is 2.16. The molecule has 0 atom stereocenters. The molecule has 112 valence electrons. The van der Waals surface area contributed by atoms with Gasteiger partial charge < -0.3 is 20.8 Å². The first kappa shape index (κ1) is 17.5. The van der Waals surface area contributed by atoms with E-state index in [1.807, 2.05) is 0 Å². The molecular formula is C10H12F3N3O4. The summed E-state index contributed by atoms with van der Waals surface area (Å²) >= 11 is 0. The molecule has 1 aromatic rings. The summed E-state index contributed by atoms with van der Waals surface area (Å²) in [6.45, 7) is 0. The maximum absolute atomic E-state index is 10.7. The molecule has 1 heterocycles. The number of nitrogens with zero attached hydrogens (tertiary/aromatic N) is 2. The Morgan fingerprint density at radius 2 is 1.75 bits per heavy atom. The molecule has 0 bridgehead atoms. The largest absolute Gasteiger partial charge is 0.490 e. The zero-order valence-corrected chi connectivity index (χ0v) is 10.5. The number of aromatic carboxylic acids is 1. The number of hydrogen-bond acceptors (Lipinski definition) is 5. The molecule has 1 aromatic heterocycles. The predicted molar refractivity (Wildman–Crippen MR) is 63.6 cm³/mol. The number of hydrogen-bond donors (Lipinski definition) is 3. The van der Waals surface area contributed by atoms with E-state index in [0.29, 0.717) is 5.82 Å². The van der Waals surface area contributed by atoms with Gasteiger partial charge in [-0.05, 0) is 6.07 Å². The number of aromatic nitrogens is 1. The molecule has 10 heteroatoms. The van der Waals surface area contributed by atoms with Crippen molar-refractivity contribution in [2.24, 2.45) is 0 Å². The van der Waals surface area contributed by atoms with Gasteiger partial charge in [0.25, 0.3) is 0 Å². The maximum Gasteiger partial charge on any atom is 0.490 e. The minimum Gasteiger partial charge on any atom is -0.478 e. The normalized spacial score (nSPS) is 10.2. The van der Waals surface area contributed by atoms with Gasteiger partial charge in [0.15, 0.2) is 0 Å². The number of anilines is 2. The van der Waals surface area contributed by atoms with Crippen LogP contribution in [0, 0.1) is 0 Å². The summed E-state index contributed by atoms with van der Waals surface area (Å²) in [7, 11) is 3.56. The highest BCUT2D eigenvalue weighted by atomic mass is 19.4. The van der Waals surface area contributed by atoms with Gasteiger partial charge in [-0.2, -0.15) is 13.2 Å². The molecule has 0 fully saturated rings. The summed E-state index contributed by atoms with van der Waals surface area (Å²) in [5.74, 6) is -3.22. The topological polar surface area (TPSA) is 117 Å². The van der Waals surface area contributed by atoms with Gasteiger partial charge in [0.1, 0.15) is 5.82 Å². The summed E-state index contributed by atoms with van der Waals surface area (Å²) in [5.41, 5.74) is 5.69. The van der Waals surface area contributed by atoms with E-state index in [2.05, 4.69) is 4.98 Å². The molecule has 0 radical (unpaired) electrons. The van der Waals surface area contributed by atoms with Gasteiger partial charge in [-0.15, -0.1) is 0 Å². The first-order valence-corrected chi connectivity index (χ1v) is 4.93. The summed E-state index contributed by atoms with van der Waals surface area (Å²) in [6.07, 6.45) is -3.74. The first-order chi connectivity index (χ1) is 8.96. The number of carbonyl (C=O) groups is 2. The first-order valence-electron chi connectivity index (χ1n) is 4.93. The second-order valence-corrected chi connectivity index (χ2v) is 3.63. The summed E-state index contributed by atoms with van der Waals surface area (Å²) in [5, 5.41) is 15.9. The SMILES string of the molecule is CN(C)c1cc(C(=O)O)c(N)cn1.O=C(O)C(F)(F)F. The van der Waals surface area contributed by atoms with E-state index >= 15 is 0 Å². The molecule has 0 unspecified atom stereocenters. The monoisotopic (exact) mass is 295 g/mol. The molecule has 1 rings (SSSR count). The van der Waals surface area contributed by atoms with Gasteiger partial charge in [-0.3, -0.25) is 0 Å². The lowest BCUT2D eigenvalue weighted by atomic mass is 10.2. The van der Waals surface area contributed by atoms with Crippen molar-refractivity contribution in [3.8, 4) is 0 Å². The zero-order chi connectivity index (χ0) is 16.1. The lowest BCUT2D eigenvalue weighted by molar-refractivity contribution is -0.192.